The summed E-state index contributed by atoms with van der Waals surface area (Å²) < 4.78 is 0. The number of carbonyl (C=O) groups is 2. The van der Waals surface area contributed by atoms with Crippen molar-refractivity contribution >= 4 is 46.4 Å². The number of carbonyl (C=O) groups excluding carboxylic acids is 2. The summed E-state index contributed by atoms with van der Waals surface area (Å²) in [7, 11) is 0. The molecule has 2 aromatic rings. The molecular weight excluding hydrogens is 311 g/mol. The fourth-order valence-electron chi connectivity index (χ4n) is 1.70. The summed E-state index contributed by atoms with van der Waals surface area (Å²) in [6.07, 6.45) is 0. The molecule has 2 N–H and O–H groups in total. The molecule has 0 aliphatic heterocycles. The van der Waals surface area contributed by atoms with Crippen molar-refractivity contribution in [1.29, 1.82) is 0 Å². The van der Waals surface area contributed by atoms with Crippen LogP contribution in [0.5, 0.6) is 0 Å². The number of benzene rings is 2. The Kier molecular flexibility index (Phi) is 4.83. The van der Waals surface area contributed by atoms with Crippen LogP contribution >= 0.6 is 23.2 Å². The van der Waals surface area contributed by atoms with Crippen molar-refractivity contribution in [3.05, 3.63) is 58.1 Å². The Hall–Kier alpha value is -2.04. The highest BCUT2D eigenvalue weighted by Crippen LogP contribution is 2.29. The zero-order chi connectivity index (χ0) is 15.4. The van der Waals surface area contributed by atoms with Crippen LogP contribution in [0.15, 0.2) is 42.5 Å². The average Bonchev–Trinajstić information content (AvgIpc) is 2.43. The summed E-state index contributed by atoms with van der Waals surface area (Å²) in [6.45, 7) is 1.89. The maximum Gasteiger partial charge on any atom is 0.314 e. The minimum absolute atomic E-state index is 0.213. The van der Waals surface area contributed by atoms with E-state index >= 15 is 0 Å². The zero-order valence-electron chi connectivity index (χ0n) is 11.1. The van der Waals surface area contributed by atoms with Crippen LogP contribution in [0.4, 0.5) is 11.4 Å². The first-order chi connectivity index (χ1) is 9.97. The molecule has 0 fully saturated rings. The normalized spacial score (nSPS) is 10.0. The average molecular weight is 323 g/mol. The van der Waals surface area contributed by atoms with E-state index in [0.717, 1.165) is 5.56 Å². The van der Waals surface area contributed by atoms with Gasteiger partial charge in [-0.2, -0.15) is 0 Å². The number of nitrogens with one attached hydrogen (secondary N) is 2. The second-order valence-electron chi connectivity index (χ2n) is 4.37. The van der Waals surface area contributed by atoms with Crippen LogP contribution in [0.1, 0.15) is 5.56 Å². The summed E-state index contributed by atoms with van der Waals surface area (Å²) in [4.78, 5) is 23.7. The third-order valence-electron chi connectivity index (χ3n) is 2.68. The van der Waals surface area contributed by atoms with Crippen LogP contribution in [0, 0.1) is 6.92 Å². The molecule has 0 radical (unpaired) electrons. The molecule has 2 amide bonds. The molecule has 0 aliphatic carbocycles. The predicted octanol–water partition coefficient (Wildman–Crippen LogP) is 3.88. The monoisotopic (exact) mass is 322 g/mol. The van der Waals surface area contributed by atoms with Crippen molar-refractivity contribution in [1.82, 2.24) is 0 Å². The van der Waals surface area contributed by atoms with Crippen LogP contribution in [0.3, 0.4) is 0 Å². The van der Waals surface area contributed by atoms with Gasteiger partial charge in [-0.1, -0.05) is 41.4 Å². The third-order valence-corrected chi connectivity index (χ3v) is 3.31. The van der Waals surface area contributed by atoms with Crippen LogP contribution in [0.25, 0.3) is 0 Å². The molecular formula is C15H12Cl2N2O2. The summed E-state index contributed by atoms with van der Waals surface area (Å²) >= 11 is 11.9. The minimum Gasteiger partial charge on any atom is -0.318 e. The lowest BCUT2D eigenvalue weighted by Gasteiger charge is -2.09. The van der Waals surface area contributed by atoms with E-state index in [1.807, 2.05) is 13.0 Å². The number of hydrogen-bond acceptors (Lipinski definition) is 2. The smallest absolute Gasteiger partial charge is 0.314 e. The van der Waals surface area contributed by atoms with Gasteiger partial charge in [0, 0.05) is 5.69 Å². The van der Waals surface area contributed by atoms with Gasteiger partial charge in [0.05, 0.1) is 15.7 Å². The van der Waals surface area contributed by atoms with Crippen molar-refractivity contribution in [2.45, 2.75) is 6.92 Å². The fraction of sp³-hybridized carbons (Fsp3) is 0.0667. The SMILES string of the molecule is Cc1cccc(NC(=O)C(=O)Nc2c(Cl)cccc2Cl)c1. The summed E-state index contributed by atoms with van der Waals surface area (Å²) in [5, 5.41) is 5.43. The van der Waals surface area contributed by atoms with Gasteiger partial charge in [0.1, 0.15) is 0 Å². The standard InChI is InChI=1S/C15H12Cl2N2O2/c1-9-4-2-5-10(8-9)18-14(20)15(21)19-13-11(16)6-3-7-12(13)17/h2-8H,1H3,(H,18,20)(H,19,21). The Morgan fingerprint density at radius 3 is 2.10 bits per heavy atom. The van der Waals surface area contributed by atoms with E-state index in [2.05, 4.69) is 10.6 Å². The first-order valence-corrected chi connectivity index (χ1v) is 6.86. The predicted molar refractivity (Wildman–Crippen MR) is 84.9 cm³/mol. The Morgan fingerprint density at radius 2 is 1.48 bits per heavy atom. The van der Waals surface area contributed by atoms with Crippen LogP contribution in [-0.2, 0) is 9.59 Å². The van der Waals surface area contributed by atoms with Crippen LogP contribution in [-0.4, -0.2) is 11.8 Å². The molecule has 108 valence electrons. The lowest BCUT2D eigenvalue weighted by molar-refractivity contribution is -0.132. The molecule has 0 unspecified atom stereocenters. The van der Waals surface area contributed by atoms with E-state index in [9.17, 15) is 9.59 Å². The molecule has 0 heterocycles. The lowest BCUT2D eigenvalue weighted by atomic mass is 10.2. The first-order valence-electron chi connectivity index (χ1n) is 6.10. The summed E-state index contributed by atoms with van der Waals surface area (Å²) in [5.41, 5.74) is 1.73. The molecule has 2 aromatic carbocycles. The molecule has 6 heteroatoms. The molecule has 0 aromatic heterocycles. The quantitative estimate of drug-likeness (QED) is 0.824. The van der Waals surface area contributed by atoms with E-state index in [1.54, 1.807) is 36.4 Å². The topological polar surface area (TPSA) is 58.2 Å². The van der Waals surface area contributed by atoms with E-state index in [1.165, 1.54) is 0 Å². The van der Waals surface area contributed by atoms with Crippen molar-refractivity contribution in [2.24, 2.45) is 0 Å². The van der Waals surface area contributed by atoms with Crippen molar-refractivity contribution in [3.63, 3.8) is 0 Å². The molecule has 2 rings (SSSR count). The fourth-order valence-corrected chi connectivity index (χ4v) is 2.19. The number of rotatable bonds is 2. The molecule has 0 spiro atoms. The Bertz CT molecular complexity index is 682. The van der Waals surface area contributed by atoms with Gasteiger partial charge in [0.2, 0.25) is 0 Å². The highest BCUT2D eigenvalue weighted by molar-refractivity contribution is 6.46. The van der Waals surface area contributed by atoms with Gasteiger partial charge in [-0.3, -0.25) is 9.59 Å². The number of aryl methyl sites for hydroxylation is 1. The van der Waals surface area contributed by atoms with Gasteiger partial charge in [-0.25, -0.2) is 0 Å². The van der Waals surface area contributed by atoms with Crippen molar-refractivity contribution in [3.8, 4) is 0 Å². The zero-order valence-corrected chi connectivity index (χ0v) is 12.6. The van der Waals surface area contributed by atoms with Gasteiger partial charge >= 0.3 is 11.8 Å². The number of halogens is 2. The molecule has 0 aliphatic rings. The maximum atomic E-state index is 11.9. The van der Waals surface area contributed by atoms with Gasteiger partial charge in [-0.05, 0) is 36.8 Å². The molecule has 0 atom stereocenters. The van der Waals surface area contributed by atoms with Crippen molar-refractivity contribution < 1.29 is 9.59 Å². The van der Waals surface area contributed by atoms with Crippen LogP contribution < -0.4 is 10.6 Å². The second-order valence-corrected chi connectivity index (χ2v) is 5.19. The van der Waals surface area contributed by atoms with E-state index in [-0.39, 0.29) is 15.7 Å². The van der Waals surface area contributed by atoms with Gasteiger partial charge in [0.25, 0.3) is 0 Å². The molecule has 4 nitrogen and oxygen atoms in total. The van der Waals surface area contributed by atoms with Crippen LogP contribution in [0.2, 0.25) is 10.0 Å². The molecule has 0 saturated carbocycles. The van der Waals surface area contributed by atoms with E-state index in [0.29, 0.717) is 5.69 Å². The summed E-state index contributed by atoms with van der Waals surface area (Å²) in [5.74, 6) is -1.64. The molecule has 21 heavy (non-hydrogen) atoms. The van der Waals surface area contributed by atoms with Gasteiger partial charge < -0.3 is 10.6 Å². The molecule has 0 bridgehead atoms. The number of anilines is 2. The lowest BCUT2D eigenvalue weighted by Crippen LogP contribution is -2.29. The second kappa shape index (κ2) is 6.61. The summed E-state index contributed by atoms with van der Waals surface area (Å²) in [6, 6.07) is 11.9. The number of para-hydroxylation sites is 1. The Balaban J connectivity index is 2.08. The largest absolute Gasteiger partial charge is 0.318 e. The van der Waals surface area contributed by atoms with E-state index in [4.69, 9.17) is 23.2 Å². The van der Waals surface area contributed by atoms with Gasteiger partial charge in [-0.15, -0.1) is 0 Å². The van der Waals surface area contributed by atoms with E-state index < -0.39 is 11.8 Å². The third kappa shape index (κ3) is 3.97. The molecule has 0 saturated heterocycles. The van der Waals surface area contributed by atoms with Crippen molar-refractivity contribution in [2.75, 3.05) is 10.6 Å². The minimum atomic E-state index is -0.841. The number of amides is 2. The maximum absolute atomic E-state index is 11.9. The highest BCUT2D eigenvalue weighted by Gasteiger charge is 2.17. The Morgan fingerprint density at radius 1 is 0.905 bits per heavy atom. The first kappa shape index (κ1) is 15.4. The van der Waals surface area contributed by atoms with Gasteiger partial charge in [0.15, 0.2) is 0 Å². The highest BCUT2D eigenvalue weighted by atomic mass is 35.5. The Labute approximate surface area is 132 Å². The number of hydrogen-bond donors (Lipinski definition) is 2.